The molecule has 0 amide bonds. The standard InChI is InChI=1S/C28H28O4/c1-27(2)31-25-20(18-24(29)26(25)32-27)19-30-28(21-12-6-3-7-13-21,22-14-8-4-9-15-22)23-16-10-5-11-17-23/h3-17,20,25-26H,18-19H2,1-2H3/t20-,25+,26-/m1/s1. The molecule has 2 fully saturated rings. The molecule has 0 aromatic heterocycles. The quantitative estimate of drug-likeness (QED) is 0.512. The van der Waals surface area contributed by atoms with Crippen LogP contribution < -0.4 is 0 Å². The summed E-state index contributed by atoms with van der Waals surface area (Å²) in [5, 5.41) is 0. The lowest BCUT2D eigenvalue weighted by atomic mass is 9.80. The lowest BCUT2D eigenvalue weighted by Crippen LogP contribution is -2.37. The highest BCUT2D eigenvalue weighted by atomic mass is 16.8. The first-order valence-electron chi connectivity index (χ1n) is 11.2. The molecule has 3 aromatic carbocycles. The number of carbonyl (C=O) groups is 1. The Morgan fingerprint density at radius 1 is 0.812 bits per heavy atom. The van der Waals surface area contributed by atoms with E-state index in [0.29, 0.717) is 13.0 Å². The van der Waals surface area contributed by atoms with Crippen molar-refractivity contribution in [2.45, 2.75) is 43.9 Å². The summed E-state index contributed by atoms with van der Waals surface area (Å²) < 4.78 is 18.9. The zero-order valence-electron chi connectivity index (χ0n) is 18.4. The minimum atomic E-state index is -0.806. The van der Waals surface area contributed by atoms with Gasteiger partial charge < -0.3 is 14.2 Å². The Bertz CT molecular complexity index is 966. The van der Waals surface area contributed by atoms with Crippen molar-refractivity contribution in [3.63, 3.8) is 0 Å². The van der Waals surface area contributed by atoms with Crippen LogP contribution in [0, 0.1) is 5.92 Å². The molecular formula is C28H28O4. The van der Waals surface area contributed by atoms with E-state index < -0.39 is 17.5 Å². The highest BCUT2D eigenvalue weighted by Crippen LogP contribution is 2.44. The van der Waals surface area contributed by atoms with Gasteiger partial charge in [0, 0.05) is 12.3 Å². The summed E-state index contributed by atoms with van der Waals surface area (Å²) in [5.74, 6) is -0.720. The summed E-state index contributed by atoms with van der Waals surface area (Å²) in [5.41, 5.74) is 2.33. The SMILES string of the molecule is CC1(C)O[C@H]2[C@@H](COC(c3ccccc3)(c3ccccc3)c3ccccc3)CC(=O)[C@H]2O1. The number of hydrogen-bond donors (Lipinski definition) is 0. The van der Waals surface area contributed by atoms with Gasteiger partial charge in [-0.1, -0.05) is 91.0 Å². The molecule has 1 aliphatic carbocycles. The molecule has 5 rings (SSSR count). The molecule has 4 heteroatoms. The lowest BCUT2D eigenvalue weighted by molar-refractivity contribution is -0.166. The first kappa shape index (κ1) is 21.1. The van der Waals surface area contributed by atoms with Crippen LogP contribution in [0.5, 0.6) is 0 Å². The fourth-order valence-electron chi connectivity index (χ4n) is 5.03. The second-order valence-corrected chi connectivity index (χ2v) is 9.04. The lowest BCUT2D eigenvalue weighted by Gasteiger charge is -2.37. The van der Waals surface area contributed by atoms with Crippen molar-refractivity contribution in [2.75, 3.05) is 6.61 Å². The van der Waals surface area contributed by atoms with Gasteiger partial charge in [-0.05, 0) is 30.5 Å². The maximum absolute atomic E-state index is 12.6. The van der Waals surface area contributed by atoms with E-state index in [1.54, 1.807) is 0 Å². The number of fused-ring (bicyclic) bond motifs is 1. The molecule has 164 valence electrons. The van der Waals surface area contributed by atoms with E-state index in [9.17, 15) is 4.79 Å². The molecule has 0 bridgehead atoms. The van der Waals surface area contributed by atoms with Crippen LogP contribution >= 0.6 is 0 Å². The maximum Gasteiger partial charge on any atom is 0.164 e. The van der Waals surface area contributed by atoms with E-state index in [1.165, 1.54) is 0 Å². The second kappa shape index (κ2) is 8.28. The fourth-order valence-corrected chi connectivity index (χ4v) is 5.03. The van der Waals surface area contributed by atoms with E-state index >= 15 is 0 Å². The molecule has 1 saturated carbocycles. The van der Waals surface area contributed by atoms with Crippen molar-refractivity contribution in [3.05, 3.63) is 108 Å². The number of ether oxygens (including phenoxy) is 3. The van der Waals surface area contributed by atoms with Gasteiger partial charge in [-0.15, -0.1) is 0 Å². The molecule has 0 radical (unpaired) electrons. The average Bonchev–Trinajstić information content (AvgIpc) is 3.29. The van der Waals surface area contributed by atoms with Gasteiger partial charge >= 0.3 is 0 Å². The van der Waals surface area contributed by atoms with Crippen LogP contribution in [0.2, 0.25) is 0 Å². The highest BCUT2D eigenvalue weighted by Gasteiger charge is 2.54. The predicted octanol–water partition coefficient (Wildman–Crippen LogP) is 5.10. The van der Waals surface area contributed by atoms with Crippen LogP contribution in [-0.2, 0) is 24.6 Å². The number of Topliss-reactive ketones (excluding diaryl/α,β-unsaturated/α-hetero) is 1. The Balaban J connectivity index is 1.56. The van der Waals surface area contributed by atoms with Crippen LogP contribution in [0.3, 0.4) is 0 Å². The van der Waals surface area contributed by atoms with Crippen molar-refractivity contribution < 1.29 is 19.0 Å². The third-order valence-corrected chi connectivity index (χ3v) is 6.43. The van der Waals surface area contributed by atoms with Crippen LogP contribution in [-0.4, -0.2) is 30.4 Å². The molecule has 0 spiro atoms. The van der Waals surface area contributed by atoms with Gasteiger partial charge in [0.15, 0.2) is 11.6 Å². The monoisotopic (exact) mass is 428 g/mol. The highest BCUT2D eigenvalue weighted by molar-refractivity contribution is 5.87. The summed E-state index contributed by atoms with van der Waals surface area (Å²) in [6, 6.07) is 30.8. The Morgan fingerprint density at radius 3 is 1.75 bits per heavy atom. The average molecular weight is 429 g/mol. The number of hydrogen-bond acceptors (Lipinski definition) is 4. The number of ketones is 1. The molecule has 0 unspecified atom stereocenters. The van der Waals surface area contributed by atoms with Crippen LogP contribution in [0.4, 0.5) is 0 Å². The largest absolute Gasteiger partial charge is 0.360 e. The molecule has 32 heavy (non-hydrogen) atoms. The Morgan fingerprint density at radius 2 is 1.28 bits per heavy atom. The Labute approximate surface area is 189 Å². The molecule has 0 N–H and O–H groups in total. The third-order valence-electron chi connectivity index (χ3n) is 6.43. The van der Waals surface area contributed by atoms with Crippen LogP contribution in [0.15, 0.2) is 91.0 Å². The van der Waals surface area contributed by atoms with Gasteiger partial charge in [0.25, 0.3) is 0 Å². The third kappa shape index (κ3) is 3.69. The summed E-state index contributed by atoms with van der Waals surface area (Å²) in [4.78, 5) is 12.6. The molecule has 1 aliphatic heterocycles. The molecule has 1 saturated heterocycles. The van der Waals surface area contributed by atoms with Gasteiger partial charge in [-0.25, -0.2) is 0 Å². The van der Waals surface area contributed by atoms with E-state index in [2.05, 4.69) is 36.4 Å². The van der Waals surface area contributed by atoms with Crippen molar-refractivity contribution in [2.24, 2.45) is 5.92 Å². The summed E-state index contributed by atoms with van der Waals surface area (Å²) in [6.07, 6.45) is -0.379. The van der Waals surface area contributed by atoms with E-state index in [4.69, 9.17) is 14.2 Å². The first-order chi connectivity index (χ1) is 15.5. The topological polar surface area (TPSA) is 44.8 Å². The van der Waals surface area contributed by atoms with Crippen molar-refractivity contribution in [3.8, 4) is 0 Å². The smallest absolute Gasteiger partial charge is 0.164 e. The first-order valence-corrected chi connectivity index (χ1v) is 11.2. The molecule has 3 aromatic rings. The summed E-state index contributed by atoms with van der Waals surface area (Å²) in [7, 11) is 0. The number of benzene rings is 3. The fraction of sp³-hybridized carbons (Fsp3) is 0.321. The van der Waals surface area contributed by atoms with Gasteiger partial charge in [0.1, 0.15) is 11.7 Å². The van der Waals surface area contributed by atoms with Gasteiger partial charge in [-0.2, -0.15) is 0 Å². The second-order valence-electron chi connectivity index (χ2n) is 9.04. The molecule has 2 aliphatic rings. The normalized spacial score (nSPS) is 24.4. The number of carbonyl (C=O) groups excluding carboxylic acids is 1. The van der Waals surface area contributed by atoms with Crippen LogP contribution in [0.1, 0.15) is 37.0 Å². The van der Waals surface area contributed by atoms with Gasteiger partial charge in [0.05, 0.1) is 12.7 Å². The summed E-state index contributed by atoms with van der Waals surface area (Å²) in [6.45, 7) is 4.10. The van der Waals surface area contributed by atoms with Crippen LogP contribution in [0.25, 0.3) is 0 Å². The molecular weight excluding hydrogens is 400 g/mol. The van der Waals surface area contributed by atoms with E-state index in [0.717, 1.165) is 16.7 Å². The van der Waals surface area contributed by atoms with Gasteiger partial charge in [0.2, 0.25) is 0 Å². The van der Waals surface area contributed by atoms with Crippen molar-refractivity contribution >= 4 is 5.78 Å². The van der Waals surface area contributed by atoms with E-state index in [-0.39, 0.29) is 17.8 Å². The molecule has 1 heterocycles. The zero-order valence-corrected chi connectivity index (χ0v) is 18.4. The van der Waals surface area contributed by atoms with E-state index in [1.807, 2.05) is 68.4 Å². The Hall–Kier alpha value is -2.79. The van der Waals surface area contributed by atoms with Crippen molar-refractivity contribution in [1.29, 1.82) is 0 Å². The minimum absolute atomic E-state index is 0.0650. The molecule has 4 nitrogen and oxygen atoms in total. The number of rotatable bonds is 6. The van der Waals surface area contributed by atoms with Gasteiger partial charge in [-0.3, -0.25) is 4.79 Å². The maximum atomic E-state index is 12.6. The molecule has 3 atom stereocenters. The predicted molar refractivity (Wildman–Crippen MR) is 122 cm³/mol. The zero-order chi connectivity index (χ0) is 22.2. The minimum Gasteiger partial charge on any atom is -0.360 e. The van der Waals surface area contributed by atoms with Crippen molar-refractivity contribution in [1.82, 2.24) is 0 Å². The summed E-state index contributed by atoms with van der Waals surface area (Å²) >= 11 is 0. The Kier molecular flexibility index (Phi) is 5.46.